The number of carboxylic acids is 1. The summed E-state index contributed by atoms with van der Waals surface area (Å²) in [6.07, 6.45) is 16.3. The van der Waals surface area contributed by atoms with Gasteiger partial charge in [-0.15, -0.1) is 0 Å². The fourth-order valence-corrected chi connectivity index (χ4v) is 7.87. The molecule has 2 unspecified atom stereocenters. The lowest BCUT2D eigenvalue weighted by Crippen LogP contribution is -2.45. The number of carbonyl (C=O) groups is 1. The van der Waals surface area contributed by atoms with E-state index in [1.807, 2.05) is 12.1 Å². The first-order valence-electron chi connectivity index (χ1n) is 13.6. The summed E-state index contributed by atoms with van der Waals surface area (Å²) >= 11 is 0. The number of unbranched alkanes of at least 4 members (excludes halogenated alkanes) is 7. The Bertz CT molecular complexity index is 805. The molecule has 4 rings (SSSR count). The average molecular weight is 457 g/mol. The van der Waals surface area contributed by atoms with Crippen LogP contribution >= 0.6 is 0 Å². The van der Waals surface area contributed by atoms with Gasteiger partial charge in [0.05, 0.1) is 6.10 Å². The van der Waals surface area contributed by atoms with Gasteiger partial charge >= 0.3 is 5.97 Å². The minimum absolute atomic E-state index is 0.0796. The molecule has 6 atom stereocenters. The van der Waals surface area contributed by atoms with Crippen LogP contribution in [0.25, 0.3) is 0 Å². The van der Waals surface area contributed by atoms with E-state index in [1.54, 1.807) is 0 Å². The monoisotopic (exact) mass is 456 g/mol. The number of fused-ring (bicyclic) bond motifs is 5. The SMILES string of the molecule is C[C@]12CC[C@@H]3c4ccc(O)cc4CC[C@H]3[C@@H]1C(CCCCCCCCCCC(=O)O)CC2O. The van der Waals surface area contributed by atoms with E-state index < -0.39 is 5.97 Å². The van der Waals surface area contributed by atoms with Crippen molar-refractivity contribution in [3.05, 3.63) is 29.3 Å². The second-order valence-electron chi connectivity index (χ2n) is 11.5. The second-order valence-corrected chi connectivity index (χ2v) is 11.5. The zero-order valence-corrected chi connectivity index (χ0v) is 20.5. The van der Waals surface area contributed by atoms with Crippen molar-refractivity contribution < 1.29 is 20.1 Å². The third-order valence-corrected chi connectivity index (χ3v) is 9.52. The Balaban J connectivity index is 1.27. The van der Waals surface area contributed by atoms with Crippen molar-refractivity contribution in [3.8, 4) is 5.75 Å². The lowest BCUT2D eigenvalue weighted by atomic mass is 9.53. The fourth-order valence-electron chi connectivity index (χ4n) is 7.87. The summed E-state index contributed by atoms with van der Waals surface area (Å²) in [5, 5.41) is 29.7. The summed E-state index contributed by atoms with van der Waals surface area (Å²) in [5.41, 5.74) is 2.89. The highest BCUT2D eigenvalue weighted by Gasteiger charge is 2.58. The number of hydrogen-bond donors (Lipinski definition) is 3. The highest BCUT2D eigenvalue weighted by molar-refractivity contribution is 5.66. The van der Waals surface area contributed by atoms with E-state index in [0.29, 0.717) is 35.8 Å². The Labute approximate surface area is 199 Å². The molecular formula is C29H44O4. The van der Waals surface area contributed by atoms with Crippen LogP contribution in [0.15, 0.2) is 18.2 Å². The van der Waals surface area contributed by atoms with Gasteiger partial charge in [0.2, 0.25) is 0 Å². The van der Waals surface area contributed by atoms with E-state index in [-0.39, 0.29) is 11.5 Å². The molecule has 0 heterocycles. The van der Waals surface area contributed by atoms with Crippen molar-refractivity contribution in [1.29, 1.82) is 0 Å². The predicted octanol–water partition coefficient (Wildman–Crippen LogP) is 6.82. The van der Waals surface area contributed by atoms with Crippen molar-refractivity contribution in [2.75, 3.05) is 0 Å². The summed E-state index contributed by atoms with van der Waals surface area (Å²) in [7, 11) is 0. The maximum atomic E-state index is 11.1. The molecule has 33 heavy (non-hydrogen) atoms. The highest BCUT2D eigenvalue weighted by Crippen LogP contribution is 2.63. The van der Waals surface area contributed by atoms with Crippen molar-refractivity contribution in [2.45, 2.75) is 115 Å². The zero-order valence-electron chi connectivity index (χ0n) is 20.5. The Morgan fingerprint density at radius 3 is 2.45 bits per heavy atom. The van der Waals surface area contributed by atoms with Crippen molar-refractivity contribution in [2.24, 2.45) is 23.2 Å². The molecule has 3 aliphatic rings. The Morgan fingerprint density at radius 1 is 1.03 bits per heavy atom. The molecule has 1 aromatic rings. The molecule has 4 heteroatoms. The van der Waals surface area contributed by atoms with Crippen LogP contribution in [0.3, 0.4) is 0 Å². The fraction of sp³-hybridized carbons (Fsp3) is 0.759. The molecule has 3 N–H and O–H groups in total. The van der Waals surface area contributed by atoms with E-state index in [4.69, 9.17) is 5.11 Å². The maximum Gasteiger partial charge on any atom is 0.303 e. The van der Waals surface area contributed by atoms with Crippen LogP contribution in [0.2, 0.25) is 0 Å². The molecule has 184 valence electrons. The number of aliphatic carboxylic acids is 1. The first-order chi connectivity index (χ1) is 15.9. The molecule has 0 amide bonds. The van der Waals surface area contributed by atoms with E-state index in [1.165, 1.54) is 62.5 Å². The molecular weight excluding hydrogens is 412 g/mol. The Kier molecular flexibility index (Phi) is 8.04. The number of carboxylic acid groups (broad SMARTS) is 1. The van der Waals surface area contributed by atoms with E-state index >= 15 is 0 Å². The molecule has 2 saturated carbocycles. The zero-order chi connectivity index (χ0) is 23.4. The van der Waals surface area contributed by atoms with Crippen LogP contribution in [0.1, 0.15) is 114 Å². The van der Waals surface area contributed by atoms with Gasteiger partial charge in [-0.3, -0.25) is 4.79 Å². The topological polar surface area (TPSA) is 77.8 Å². The third-order valence-electron chi connectivity index (χ3n) is 9.52. The minimum Gasteiger partial charge on any atom is -0.508 e. The third kappa shape index (κ3) is 5.42. The number of aliphatic hydroxyl groups excluding tert-OH is 1. The number of aliphatic hydroxyl groups is 1. The highest BCUT2D eigenvalue weighted by atomic mass is 16.4. The average Bonchev–Trinajstić information content (AvgIpc) is 3.04. The van der Waals surface area contributed by atoms with E-state index in [9.17, 15) is 15.0 Å². The number of benzene rings is 1. The normalized spacial score (nSPS) is 32.7. The summed E-state index contributed by atoms with van der Waals surface area (Å²) in [6.45, 7) is 2.37. The van der Waals surface area contributed by atoms with E-state index in [0.717, 1.165) is 38.5 Å². The largest absolute Gasteiger partial charge is 0.508 e. The van der Waals surface area contributed by atoms with Gasteiger partial charge in [-0.1, -0.05) is 64.4 Å². The molecule has 0 radical (unpaired) electrons. The number of aromatic hydroxyl groups is 1. The molecule has 2 fully saturated rings. The molecule has 0 spiro atoms. The van der Waals surface area contributed by atoms with Gasteiger partial charge in [-0.25, -0.2) is 0 Å². The van der Waals surface area contributed by atoms with Gasteiger partial charge in [0.1, 0.15) is 5.75 Å². The number of phenols is 1. The minimum atomic E-state index is -0.677. The molecule has 4 nitrogen and oxygen atoms in total. The summed E-state index contributed by atoms with van der Waals surface area (Å²) < 4.78 is 0. The van der Waals surface area contributed by atoms with Gasteiger partial charge in [-0.2, -0.15) is 0 Å². The van der Waals surface area contributed by atoms with Crippen LogP contribution in [-0.4, -0.2) is 27.4 Å². The smallest absolute Gasteiger partial charge is 0.303 e. The van der Waals surface area contributed by atoms with E-state index in [2.05, 4.69) is 13.0 Å². The summed E-state index contributed by atoms with van der Waals surface area (Å²) in [4.78, 5) is 10.6. The van der Waals surface area contributed by atoms with Crippen molar-refractivity contribution >= 4 is 5.97 Å². The van der Waals surface area contributed by atoms with Gasteiger partial charge in [0, 0.05) is 6.42 Å². The number of phenolic OH excluding ortho intramolecular Hbond substituents is 1. The first-order valence-corrected chi connectivity index (χ1v) is 13.6. The molecule has 0 bridgehead atoms. The van der Waals surface area contributed by atoms with Gasteiger partial charge in [0.25, 0.3) is 0 Å². The summed E-state index contributed by atoms with van der Waals surface area (Å²) in [5.74, 6) is 2.26. The van der Waals surface area contributed by atoms with Crippen LogP contribution in [0, 0.1) is 23.2 Å². The van der Waals surface area contributed by atoms with Crippen LogP contribution < -0.4 is 0 Å². The quantitative estimate of drug-likeness (QED) is 0.319. The number of rotatable bonds is 11. The number of hydrogen-bond acceptors (Lipinski definition) is 3. The van der Waals surface area contributed by atoms with Crippen LogP contribution in [0.5, 0.6) is 5.75 Å². The second kappa shape index (κ2) is 10.8. The van der Waals surface area contributed by atoms with Gasteiger partial charge < -0.3 is 15.3 Å². The van der Waals surface area contributed by atoms with Gasteiger partial charge in [0.15, 0.2) is 0 Å². The predicted molar refractivity (Wildman–Crippen MR) is 131 cm³/mol. The summed E-state index contributed by atoms with van der Waals surface area (Å²) in [6, 6.07) is 6.01. The Morgan fingerprint density at radius 2 is 1.73 bits per heavy atom. The lowest BCUT2D eigenvalue weighted by molar-refractivity contribution is -0.137. The molecule has 0 aliphatic heterocycles. The molecule has 0 aromatic heterocycles. The maximum absolute atomic E-state index is 11.1. The molecule has 3 aliphatic carbocycles. The van der Waals surface area contributed by atoms with Gasteiger partial charge in [-0.05, 0) is 90.9 Å². The first kappa shape index (κ1) is 24.6. The molecule has 1 aromatic carbocycles. The Hall–Kier alpha value is -1.55. The standard InChI is InChI=1S/C29H44O4/c1-29-17-16-24-23-15-13-22(30)18-20(23)12-14-25(24)28(29)21(19-26(29)31)10-8-6-4-2-3-5-7-9-11-27(32)33/h13,15,18,21,24-26,28,30-31H,2-12,14,16-17,19H2,1H3,(H,32,33)/t21?,24-,25-,26?,28+,29-/m1/s1. The van der Waals surface area contributed by atoms with Crippen molar-refractivity contribution in [3.63, 3.8) is 0 Å². The molecule has 0 saturated heterocycles. The van der Waals surface area contributed by atoms with Crippen LogP contribution in [-0.2, 0) is 11.2 Å². The number of aryl methyl sites for hydroxylation is 1. The van der Waals surface area contributed by atoms with Crippen molar-refractivity contribution in [1.82, 2.24) is 0 Å². The van der Waals surface area contributed by atoms with Crippen LogP contribution in [0.4, 0.5) is 0 Å². The lowest BCUT2D eigenvalue weighted by Gasteiger charge is -2.51.